The predicted molar refractivity (Wildman–Crippen MR) is 87.7 cm³/mol. The summed E-state index contributed by atoms with van der Waals surface area (Å²) < 4.78 is 6.11. The van der Waals surface area contributed by atoms with Crippen LogP contribution in [0.3, 0.4) is 0 Å². The van der Waals surface area contributed by atoms with Crippen LogP contribution in [0.4, 0.5) is 0 Å². The van der Waals surface area contributed by atoms with Crippen LogP contribution in [0.15, 0.2) is 71.1 Å². The maximum Gasteiger partial charge on any atom is 0.135 e. The Hall–Kier alpha value is -2.54. The van der Waals surface area contributed by atoms with Crippen LogP contribution < -0.4 is 0 Å². The second-order valence-corrected chi connectivity index (χ2v) is 5.36. The van der Waals surface area contributed by atoms with Crippen molar-refractivity contribution in [1.82, 2.24) is 0 Å². The number of benzene rings is 2. The normalized spacial score (nSPS) is 11.3. The van der Waals surface area contributed by atoms with Gasteiger partial charge in [-0.3, -0.25) is 0 Å². The van der Waals surface area contributed by atoms with Gasteiger partial charge >= 0.3 is 0 Å². The first-order chi connectivity index (χ1) is 10.3. The Kier molecular flexibility index (Phi) is 2.78. The van der Waals surface area contributed by atoms with E-state index in [2.05, 4.69) is 73.7 Å². The van der Waals surface area contributed by atoms with Crippen LogP contribution in [0.2, 0.25) is 0 Å². The van der Waals surface area contributed by atoms with Crippen LogP contribution in [0.5, 0.6) is 0 Å². The molecule has 0 radical (unpaired) electrons. The first kappa shape index (κ1) is 12.2. The molecule has 2 aromatic rings. The van der Waals surface area contributed by atoms with E-state index in [4.69, 9.17) is 4.42 Å². The van der Waals surface area contributed by atoms with Crippen molar-refractivity contribution < 1.29 is 4.42 Å². The summed E-state index contributed by atoms with van der Waals surface area (Å²) in [5.41, 5.74) is 3.65. The first-order valence-electron chi connectivity index (χ1n) is 7.36. The van der Waals surface area contributed by atoms with Gasteiger partial charge in [-0.25, -0.2) is 0 Å². The van der Waals surface area contributed by atoms with E-state index in [1.807, 2.05) is 0 Å². The monoisotopic (exact) mass is 272 g/mol. The minimum Gasteiger partial charge on any atom is -0.456 e. The highest BCUT2D eigenvalue weighted by Gasteiger charge is 2.13. The fourth-order valence-electron chi connectivity index (χ4n) is 2.85. The lowest BCUT2D eigenvalue weighted by Crippen LogP contribution is -1.83. The summed E-state index contributed by atoms with van der Waals surface area (Å²) in [4.78, 5) is 0. The van der Waals surface area contributed by atoms with Gasteiger partial charge in [0.05, 0.1) is 0 Å². The molecule has 0 fully saturated rings. The SMILES string of the molecule is CCc1ccc(-c2ccc3c4ccccc4cc-3o2)cc1. The molecule has 0 N–H and O–H groups in total. The highest BCUT2D eigenvalue weighted by molar-refractivity contribution is 6.00. The number of fused-ring (bicyclic) bond motifs is 3. The third-order valence-electron chi connectivity index (χ3n) is 4.07. The van der Waals surface area contributed by atoms with Gasteiger partial charge in [-0.05, 0) is 41.0 Å². The average Bonchev–Trinajstić information content (AvgIpc) is 2.92. The van der Waals surface area contributed by atoms with E-state index in [1.54, 1.807) is 0 Å². The van der Waals surface area contributed by atoms with Gasteiger partial charge in [0.15, 0.2) is 0 Å². The predicted octanol–water partition coefficient (Wildman–Crippen LogP) is 5.77. The number of hydrogen-bond acceptors (Lipinski definition) is 1. The maximum atomic E-state index is 6.11. The topological polar surface area (TPSA) is 13.1 Å². The van der Waals surface area contributed by atoms with Crippen LogP contribution >= 0.6 is 0 Å². The van der Waals surface area contributed by atoms with E-state index in [-0.39, 0.29) is 0 Å². The lowest BCUT2D eigenvalue weighted by Gasteiger charge is -2.06. The summed E-state index contributed by atoms with van der Waals surface area (Å²) in [6, 6.07) is 23.3. The lowest BCUT2D eigenvalue weighted by atomic mass is 10.1. The van der Waals surface area contributed by atoms with Gasteiger partial charge in [-0.1, -0.05) is 55.5 Å². The maximum absolute atomic E-state index is 6.11. The molecule has 102 valence electrons. The molecule has 21 heavy (non-hydrogen) atoms. The minimum absolute atomic E-state index is 0.917. The van der Waals surface area contributed by atoms with Crippen molar-refractivity contribution in [2.24, 2.45) is 0 Å². The highest BCUT2D eigenvalue weighted by atomic mass is 16.3. The third-order valence-corrected chi connectivity index (χ3v) is 4.07. The van der Waals surface area contributed by atoms with Crippen molar-refractivity contribution in [1.29, 1.82) is 0 Å². The summed E-state index contributed by atoms with van der Waals surface area (Å²) in [6.45, 7) is 2.17. The zero-order valence-corrected chi connectivity index (χ0v) is 12.0. The summed E-state index contributed by atoms with van der Waals surface area (Å²) in [6.07, 6.45) is 1.06. The van der Waals surface area contributed by atoms with Crippen LogP contribution in [0, 0.1) is 0 Å². The Morgan fingerprint density at radius 3 is 2.43 bits per heavy atom. The molecule has 0 atom stereocenters. The highest BCUT2D eigenvalue weighted by Crippen LogP contribution is 2.36. The zero-order valence-electron chi connectivity index (χ0n) is 12.0. The van der Waals surface area contributed by atoms with Gasteiger partial charge in [0.1, 0.15) is 11.5 Å². The molecule has 4 rings (SSSR count). The molecule has 1 heterocycles. The fraction of sp³-hybridized carbons (Fsp3) is 0.100. The van der Waals surface area contributed by atoms with E-state index >= 15 is 0 Å². The summed E-state index contributed by atoms with van der Waals surface area (Å²) in [7, 11) is 0. The number of rotatable bonds is 2. The molecule has 2 aromatic carbocycles. The van der Waals surface area contributed by atoms with E-state index in [9.17, 15) is 0 Å². The summed E-state index contributed by atoms with van der Waals surface area (Å²) in [5.74, 6) is 1.87. The Morgan fingerprint density at radius 1 is 0.810 bits per heavy atom. The quantitative estimate of drug-likeness (QED) is 0.451. The first-order valence-corrected chi connectivity index (χ1v) is 7.36. The van der Waals surface area contributed by atoms with E-state index in [0.717, 1.165) is 23.5 Å². The lowest BCUT2D eigenvalue weighted by molar-refractivity contribution is 0.583. The van der Waals surface area contributed by atoms with Gasteiger partial charge in [0, 0.05) is 11.1 Å². The van der Waals surface area contributed by atoms with Crippen molar-refractivity contribution >= 4 is 10.8 Å². The third kappa shape index (κ3) is 2.02. The molecular formula is C20H16O. The van der Waals surface area contributed by atoms with Crippen molar-refractivity contribution in [2.45, 2.75) is 13.3 Å². The van der Waals surface area contributed by atoms with Gasteiger partial charge in [-0.2, -0.15) is 0 Å². The van der Waals surface area contributed by atoms with Crippen molar-refractivity contribution in [3.05, 3.63) is 72.3 Å². The smallest absolute Gasteiger partial charge is 0.135 e. The second-order valence-electron chi connectivity index (χ2n) is 5.36. The zero-order chi connectivity index (χ0) is 14.2. The van der Waals surface area contributed by atoms with Gasteiger partial charge in [-0.15, -0.1) is 0 Å². The van der Waals surface area contributed by atoms with E-state index < -0.39 is 0 Å². The molecule has 1 nitrogen and oxygen atoms in total. The molecule has 0 amide bonds. The van der Waals surface area contributed by atoms with E-state index in [1.165, 1.54) is 21.9 Å². The molecule has 1 aliphatic carbocycles. The largest absolute Gasteiger partial charge is 0.456 e. The molecule has 1 heteroatoms. The molecule has 0 saturated heterocycles. The van der Waals surface area contributed by atoms with Gasteiger partial charge in [0.2, 0.25) is 0 Å². The Balaban J connectivity index is 1.86. The van der Waals surface area contributed by atoms with Crippen LogP contribution in [-0.4, -0.2) is 0 Å². The van der Waals surface area contributed by atoms with Crippen molar-refractivity contribution in [3.63, 3.8) is 0 Å². The molecule has 0 bridgehead atoms. The average molecular weight is 272 g/mol. The molecule has 0 saturated carbocycles. The van der Waals surface area contributed by atoms with Crippen LogP contribution in [0.1, 0.15) is 12.5 Å². The molecule has 0 aromatic heterocycles. The van der Waals surface area contributed by atoms with Crippen LogP contribution in [-0.2, 0) is 6.42 Å². The van der Waals surface area contributed by atoms with Crippen LogP contribution in [0.25, 0.3) is 33.4 Å². The second kappa shape index (κ2) is 4.78. The molecule has 1 aliphatic heterocycles. The van der Waals surface area contributed by atoms with Gasteiger partial charge in [0.25, 0.3) is 0 Å². The molecule has 0 unspecified atom stereocenters. The number of hydrogen-bond donors (Lipinski definition) is 0. The fourth-order valence-corrected chi connectivity index (χ4v) is 2.85. The minimum atomic E-state index is 0.917. The van der Waals surface area contributed by atoms with E-state index in [0.29, 0.717) is 0 Å². The number of aryl methyl sites for hydroxylation is 1. The Morgan fingerprint density at radius 2 is 1.62 bits per heavy atom. The molecule has 0 spiro atoms. The van der Waals surface area contributed by atoms with Crippen molar-refractivity contribution in [2.75, 3.05) is 0 Å². The van der Waals surface area contributed by atoms with Crippen molar-refractivity contribution in [3.8, 4) is 22.6 Å². The Bertz CT molecular complexity index is 868. The molecule has 2 aliphatic rings. The standard InChI is InChI=1S/C20H16O/c1-2-14-7-9-15(10-8-14)19-12-11-18-17-6-4-3-5-16(17)13-20(18)21-19/h3-13H,2H2,1H3. The molecular weight excluding hydrogens is 256 g/mol. The summed E-state index contributed by atoms with van der Waals surface area (Å²) in [5, 5.41) is 2.49. The Labute approximate surface area is 124 Å². The van der Waals surface area contributed by atoms with Gasteiger partial charge < -0.3 is 4.42 Å². The summed E-state index contributed by atoms with van der Waals surface area (Å²) >= 11 is 0.